The van der Waals surface area contributed by atoms with E-state index >= 15 is 0 Å². The molecular weight excluding hydrogens is 334 g/mol. The maximum absolute atomic E-state index is 8.66. The highest BCUT2D eigenvalue weighted by molar-refractivity contribution is 7.98. The maximum Gasteiger partial charge on any atom is 0.170 e. The van der Waals surface area contributed by atoms with Gasteiger partial charge in [0.05, 0.1) is 12.5 Å². The summed E-state index contributed by atoms with van der Waals surface area (Å²) in [6, 6.07) is 18.5. The van der Waals surface area contributed by atoms with Crippen LogP contribution in [-0.2, 0) is 12.2 Å². The van der Waals surface area contributed by atoms with E-state index in [1.807, 2.05) is 36.0 Å². The average Bonchev–Trinajstić information content (AvgIpc) is 2.57. The molecule has 0 fully saturated rings. The lowest BCUT2D eigenvalue weighted by molar-refractivity contribution is 0.989. The fraction of sp³-hybridized carbons (Fsp3) is 0.263. The Morgan fingerprint density at radius 3 is 2.67 bits per heavy atom. The smallest absolute Gasteiger partial charge is 0.170 e. The normalized spacial score (nSPS) is 10.0. The van der Waals surface area contributed by atoms with Crippen LogP contribution in [0.15, 0.2) is 48.5 Å². The van der Waals surface area contributed by atoms with Gasteiger partial charge >= 0.3 is 0 Å². The van der Waals surface area contributed by atoms with Gasteiger partial charge in [0, 0.05) is 23.7 Å². The van der Waals surface area contributed by atoms with Gasteiger partial charge in [-0.3, -0.25) is 0 Å². The molecule has 0 bridgehead atoms. The van der Waals surface area contributed by atoms with E-state index in [4.69, 9.17) is 17.5 Å². The lowest BCUT2D eigenvalue weighted by atomic mass is 10.1. The number of hydrogen-bond acceptors (Lipinski definition) is 3. The van der Waals surface area contributed by atoms with Crippen LogP contribution in [0.1, 0.15) is 16.7 Å². The van der Waals surface area contributed by atoms with Crippen LogP contribution in [0.25, 0.3) is 0 Å². The Morgan fingerprint density at radius 1 is 1.17 bits per heavy atom. The van der Waals surface area contributed by atoms with E-state index in [1.54, 1.807) is 0 Å². The molecule has 0 saturated carbocycles. The van der Waals surface area contributed by atoms with E-state index < -0.39 is 0 Å². The number of hydrogen-bond donors (Lipinski definition) is 2. The van der Waals surface area contributed by atoms with E-state index in [2.05, 4.69) is 47.9 Å². The summed E-state index contributed by atoms with van der Waals surface area (Å²) in [5, 5.41) is 15.7. The van der Waals surface area contributed by atoms with Crippen molar-refractivity contribution in [1.29, 1.82) is 5.26 Å². The molecule has 2 rings (SSSR count). The van der Waals surface area contributed by atoms with Crippen LogP contribution in [-0.4, -0.2) is 17.4 Å². The fourth-order valence-electron chi connectivity index (χ4n) is 2.20. The minimum atomic E-state index is 0.432. The molecule has 2 aromatic rings. The first-order chi connectivity index (χ1) is 11.7. The van der Waals surface area contributed by atoms with Crippen LogP contribution in [0, 0.1) is 18.3 Å². The zero-order valence-corrected chi connectivity index (χ0v) is 15.3. The third kappa shape index (κ3) is 6.61. The summed E-state index contributed by atoms with van der Waals surface area (Å²) in [5.41, 5.74) is 4.60. The molecule has 2 N–H and O–H groups in total. The first kappa shape index (κ1) is 18.3. The van der Waals surface area contributed by atoms with E-state index in [-0.39, 0.29) is 0 Å². The minimum absolute atomic E-state index is 0.432. The van der Waals surface area contributed by atoms with E-state index in [0.717, 1.165) is 29.3 Å². The van der Waals surface area contributed by atoms with Gasteiger partial charge in [-0.15, -0.1) is 0 Å². The second kappa shape index (κ2) is 9.96. The number of nitriles is 1. The number of thioether (sulfide) groups is 1. The van der Waals surface area contributed by atoms with Gasteiger partial charge in [-0.05, 0) is 42.4 Å². The number of aryl methyl sites for hydroxylation is 1. The van der Waals surface area contributed by atoms with Crippen LogP contribution in [0.3, 0.4) is 0 Å². The molecule has 0 saturated heterocycles. The number of nitrogens with zero attached hydrogens (tertiary/aromatic N) is 1. The van der Waals surface area contributed by atoms with Crippen molar-refractivity contribution >= 4 is 34.8 Å². The molecule has 0 amide bonds. The Hall–Kier alpha value is -2.03. The first-order valence-electron chi connectivity index (χ1n) is 7.81. The Balaban J connectivity index is 1.63. The molecule has 0 aromatic heterocycles. The molecule has 0 spiro atoms. The first-order valence-corrected chi connectivity index (χ1v) is 9.37. The molecule has 3 nitrogen and oxygen atoms in total. The molecule has 0 radical (unpaired) electrons. The Labute approximate surface area is 153 Å². The monoisotopic (exact) mass is 355 g/mol. The summed E-state index contributed by atoms with van der Waals surface area (Å²) in [5.74, 6) is 2.01. The summed E-state index contributed by atoms with van der Waals surface area (Å²) in [6.45, 7) is 2.95. The third-order valence-corrected chi connectivity index (χ3v) is 4.65. The zero-order valence-electron chi connectivity index (χ0n) is 13.7. The SMILES string of the molecule is Cc1cccc(CSCCNC(=S)Nc2ccc(CC#N)cc2)c1. The Bertz CT molecular complexity index is 705. The highest BCUT2D eigenvalue weighted by Gasteiger charge is 1.99. The van der Waals surface area contributed by atoms with Gasteiger partial charge in [-0.25, -0.2) is 0 Å². The standard InChI is InChI=1S/C19H21N3S2/c1-15-3-2-4-17(13-15)14-24-12-11-21-19(23)22-18-7-5-16(6-8-18)9-10-20/h2-8,13H,9,11-12,14H2,1H3,(H2,21,22,23). The van der Waals surface area contributed by atoms with Crippen LogP contribution in [0.4, 0.5) is 5.69 Å². The van der Waals surface area contributed by atoms with Crippen LogP contribution < -0.4 is 10.6 Å². The largest absolute Gasteiger partial charge is 0.362 e. The molecule has 24 heavy (non-hydrogen) atoms. The fourth-order valence-corrected chi connectivity index (χ4v) is 3.23. The lowest BCUT2D eigenvalue weighted by Gasteiger charge is -2.10. The summed E-state index contributed by atoms with van der Waals surface area (Å²) < 4.78 is 0. The molecule has 2 aromatic carbocycles. The molecule has 0 aliphatic heterocycles. The van der Waals surface area contributed by atoms with Crippen molar-refractivity contribution in [2.24, 2.45) is 0 Å². The minimum Gasteiger partial charge on any atom is -0.362 e. The Kier molecular flexibility index (Phi) is 7.60. The molecule has 124 valence electrons. The second-order valence-electron chi connectivity index (χ2n) is 5.45. The quantitative estimate of drug-likeness (QED) is 0.573. The number of anilines is 1. The summed E-state index contributed by atoms with van der Waals surface area (Å²) >= 11 is 7.19. The van der Waals surface area contributed by atoms with Gasteiger partial charge < -0.3 is 10.6 Å². The summed E-state index contributed by atoms with van der Waals surface area (Å²) in [4.78, 5) is 0. The van der Waals surface area contributed by atoms with Gasteiger partial charge in [-0.2, -0.15) is 17.0 Å². The van der Waals surface area contributed by atoms with E-state index in [0.29, 0.717) is 11.5 Å². The van der Waals surface area contributed by atoms with Crippen molar-refractivity contribution < 1.29 is 0 Å². The van der Waals surface area contributed by atoms with Crippen molar-refractivity contribution in [2.45, 2.75) is 19.1 Å². The van der Waals surface area contributed by atoms with Crippen molar-refractivity contribution in [3.8, 4) is 6.07 Å². The maximum atomic E-state index is 8.66. The predicted molar refractivity (Wildman–Crippen MR) is 107 cm³/mol. The van der Waals surface area contributed by atoms with Gasteiger partial charge in [0.2, 0.25) is 0 Å². The van der Waals surface area contributed by atoms with Crippen molar-refractivity contribution in [3.63, 3.8) is 0 Å². The van der Waals surface area contributed by atoms with Gasteiger partial charge in [-0.1, -0.05) is 42.0 Å². The van der Waals surface area contributed by atoms with E-state index in [9.17, 15) is 0 Å². The van der Waals surface area contributed by atoms with Crippen LogP contribution in [0.5, 0.6) is 0 Å². The highest BCUT2D eigenvalue weighted by Crippen LogP contribution is 2.13. The summed E-state index contributed by atoms with van der Waals surface area (Å²) in [6.07, 6.45) is 0.432. The molecule has 0 unspecified atom stereocenters. The number of nitrogens with one attached hydrogen (secondary N) is 2. The van der Waals surface area contributed by atoms with Crippen molar-refractivity contribution in [1.82, 2.24) is 5.32 Å². The number of rotatable bonds is 7. The van der Waals surface area contributed by atoms with Crippen LogP contribution in [0.2, 0.25) is 0 Å². The third-order valence-electron chi connectivity index (χ3n) is 3.38. The van der Waals surface area contributed by atoms with Crippen molar-refractivity contribution in [2.75, 3.05) is 17.6 Å². The Morgan fingerprint density at radius 2 is 1.96 bits per heavy atom. The van der Waals surface area contributed by atoms with Gasteiger partial charge in [0.25, 0.3) is 0 Å². The predicted octanol–water partition coefficient (Wildman–Crippen LogP) is 4.28. The zero-order chi connectivity index (χ0) is 17.2. The highest BCUT2D eigenvalue weighted by atomic mass is 32.2. The molecule has 0 heterocycles. The lowest BCUT2D eigenvalue weighted by Crippen LogP contribution is -2.30. The second-order valence-corrected chi connectivity index (χ2v) is 6.97. The summed E-state index contributed by atoms with van der Waals surface area (Å²) in [7, 11) is 0. The molecule has 0 atom stereocenters. The van der Waals surface area contributed by atoms with E-state index in [1.165, 1.54) is 11.1 Å². The molecule has 0 aliphatic rings. The van der Waals surface area contributed by atoms with Gasteiger partial charge in [0.15, 0.2) is 5.11 Å². The number of thiocarbonyl (C=S) groups is 1. The number of benzene rings is 2. The van der Waals surface area contributed by atoms with Crippen LogP contribution >= 0.6 is 24.0 Å². The van der Waals surface area contributed by atoms with Gasteiger partial charge in [0.1, 0.15) is 0 Å². The topological polar surface area (TPSA) is 47.8 Å². The molecular formula is C19H21N3S2. The van der Waals surface area contributed by atoms with Crippen molar-refractivity contribution in [3.05, 3.63) is 65.2 Å². The average molecular weight is 356 g/mol. The molecule has 0 aliphatic carbocycles. The molecule has 5 heteroatoms.